The summed E-state index contributed by atoms with van der Waals surface area (Å²) < 4.78 is 13.5. The van der Waals surface area contributed by atoms with Crippen LogP contribution in [-0.2, 0) is 0 Å². The maximum Gasteiger partial charge on any atom is 0.257 e. The zero-order valence-corrected chi connectivity index (χ0v) is 9.24. The second-order valence-electron chi connectivity index (χ2n) is 4.03. The molecule has 1 saturated heterocycles. The van der Waals surface area contributed by atoms with Crippen molar-refractivity contribution in [2.24, 2.45) is 0 Å². The first-order valence-corrected chi connectivity index (χ1v) is 5.46. The molecule has 1 aromatic rings. The number of benzene rings is 1. The minimum atomic E-state index is -0.446. The van der Waals surface area contributed by atoms with E-state index in [2.05, 4.69) is 5.32 Å². The summed E-state index contributed by atoms with van der Waals surface area (Å²) >= 11 is 0. The largest absolute Gasteiger partial charge is 0.333 e. The highest BCUT2D eigenvalue weighted by Gasteiger charge is 2.25. The third kappa shape index (κ3) is 2.07. The monoisotopic (exact) mass is 222 g/mol. The van der Waals surface area contributed by atoms with E-state index in [1.165, 1.54) is 12.1 Å². The topological polar surface area (TPSA) is 32.3 Å². The molecule has 0 saturated carbocycles. The third-order valence-electron chi connectivity index (χ3n) is 2.87. The lowest BCUT2D eigenvalue weighted by atomic mass is 10.1. The fraction of sp³-hybridized carbons (Fsp3) is 0.417. The summed E-state index contributed by atoms with van der Waals surface area (Å²) in [4.78, 5) is 13.8. The zero-order valence-electron chi connectivity index (χ0n) is 9.24. The molecule has 1 unspecified atom stereocenters. The maximum absolute atomic E-state index is 13.5. The summed E-state index contributed by atoms with van der Waals surface area (Å²) in [5.41, 5.74) is 0.163. The maximum atomic E-state index is 13.5. The van der Waals surface area contributed by atoms with Crippen LogP contribution in [0.3, 0.4) is 0 Å². The van der Waals surface area contributed by atoms with Crippen molar-refractivity contribution in [3.63, 3.8) is 0 Å². The van der Waals surface area contributed by atoms with Crippen molar-refractivity contribution >= 4 is 5.91 Å². The van der Waals surface area contributed by atoms with Gasteiger partial charge in [-0.3, -0.25) is 4.79 Å². The van der Waals surface area contributed by atoms with Crippen LogP contribution in [0.15, 0.2) is 24.3 Å². The van der Waals surface area contributed by atoms with E-state index in [1.54, 1.807) is 17.0 Å². The molecule has 0 aromatic heterocycles. The Morgan fingerprint density at radius 2 is 2.25 bits per heavy atom. The Labute approximate surface area is 94.3 Å². The second kappa shape index (κ2) is 4.61. The molecule has 2 rings (SSSR count). The van der Waals surface area contributed by atoms with E-state index in [-0.39, 0.29) is 17.5 Å². The van der Waals surface area contributed by atoms with Crippen LogP contribution in [-0.4, -0.2) is 36.5 Å². The van der Waals surface area contributed by atoms with E-state index >= 15 is 0 Å². The Bertz CT molecular complexity index is 394. The number of hydrogen-bond acceptors (Lipinski definition) is 2. The standard InChI is InChI=1S/C12H15FN2O/c1-9-8-14-6-7-15(9)12(16)10-4-2-3-5-11(10)13/h2-5,9,14H,6-8H2,1H3. The number of hydrogen-bond donors (Lipinski definition) is 1. The van der Waals surface area contributed by atoms with E-state index in [4.69, 9.17) is 0 Å². The van der Waals surface area contributed by atoms with Gasteiger partial charge in [-0.15, -0.1) is 0 Å². The van der Waals surface area contributed by atoms with Gasteiger partial charge in [-0.25, -0.2) is 4.39 Å². The van der Waals surface area contributed by atoms with Crippen molar-refractivity contribution in [2.45, 2.75) is 13.0 Å². The van der Waals surface area contributed by atoms with Crippen molar-refractivity contribution < 1.29 is 9.18 Å². The number of piperazine rings is 1. The molecule has 0 spiro atoms. The van der Waals surface area contributed by atoms with Crippen LogP contribution in [0.5, 0.6) is 0 Å². The lowest BCUT2D eigenvalue weighted by Crippen LogP contribution is -2.52. The molecule has 0 aliphatic carbocycles. The van der Waals surface area contributed by atoms with E-state index in [0.717, 1.165) is 13.1 Å². The molecule has 1 heterocycles. The second-order valence-corrected chi connectivity index (χ2v) is 4.03. The molecular weight excluding hydrogens is 207 g/mol. The van der Waals surface area contributed by atoms with E-state index < -0.39 is 5.82 Å². The Balaban J connectivity index is 2.21. The number of nitrogens with one attached hydrogen (secondary N) is 1. The Kier molecular flexibility index (Phi) is 3.19. The first kappa shape index (κ1) is 11.1. The minimum absolute atomic E-state index is 0.112. The average Bonchev–Trinajstić information content (AvgIpc) is 2.29. The van der Waals surface area contributed by atoms with Gasteiger partial charge in [0.25, 0.3) is 5.91 Å². The summed E-state index contributed by atoms with van der Waals surface area (Å²) in [7, 11) is 0. The van der Waals surface area contributed by atoms with Crippen LogP contribution in [0.4, 0.5) is 4.39 Å². The number of carbonyl (C=O) groups is 1. The molecule has 3 nitrogen and oxygen atoms in total. The van der Waals surface area contributed by atoms with Crippen molar-refractivity contribution in [1.82, 2.24) is 10.2 Å². The molecule has 1 atom stereocenters. The predicted octanol–water partition coefficient (Wildman–Crippen LogP) is 1.26. The van der Waals surface area contributed by atoms with Crippen molar-refractivity contribution in [3.05, 3.63) is 35.6 Å². The lowest BCUT2D eigenvalue weighted by molar-refractivity contribution is 0.0651. The lowest BCUT2D eigenvalue weighted by Gasteiger charge is -2.34. The molecule has 0 bridgehead atoms. The normalized spacial score (nSPS) is 20.9. The van der Waals surface area contributed by atoms with Crippen LogP contribution in [0.25, 0.3) is 0 Å². The number of rotatable bonds is 1. The van der Waals surface area contributed by atoms with E-state index in [1.807, 2.05) is 6.92 Å². The molecule has 1 aliphatic heterocycles. The first-order chi connectivity index (χ1) is 7.70. The van der Waals surface area contributed by atoms with Gasteiger partial charge >= 0.3 is 0 Å². The molecule has 1 fully saturated rings. The minimum Gasteiger partial charge on any atom is -0.333 e. The highest BCUT2D eigenvalue weighted by Crippen LogP contribution is 2.13. The van der Waals surface area contributed by atoms with Crippen molar-refractivity contribution in [3.8, 4) is 0 Å². The van der Waals surface area contributed by atoms with Gasteiger partial charge in [-0.1, -0.05) is 12.1 Å². The van der Waals surface area contributed by atoms with Crippen molar-refractivity contribution in [2.75, 3.05) is 19.6 Å². The van der Waals surface area contributed by atoms with Gasteiger partial charge in [0.05, 0.1) is 5.56 Å². The van der Waals surface area contributed by atoms with Gasteiger partial charge in [0, 0.05) is 25.7 Å². The molecule has 1 aliphatic rings. The van der Waals surface area contributed by atoms with Crippen LogP contribution in [0.2, 0.25) is 0 Å². The summed E-state index contributed by atoms with van der Waals surface area (Å²) in [5.74, 6) is -0.662. The van der Waals surface area contributed by atoms with Crippen LogP contribution < -0.4 is 5.32 Å². The SMILES string of the molecule is CC1CNCCN1C(=O)c1ccccc1F. The zero-order chi connectivity index (χ0) is 11.5. The molecule has 1 aromatic carbocycles. The average molecular weight is 222 g/mol. The number of amides is 1. The van der Waals surface area contributed by atoms with Gasteiger partial charge < -0.3 is 10.2 Å². The Hall–Kier alpha value is -1.42. The molecule has 4 heteroatoms. The number of nitrogens with zero attached hydrogens (tertiary/aromatic N) is 1. The van der Waals surface area contributed by atoms with E-state index in [0.29, 0.717) is 6.54 Å². The van der Waals surface area contributed by atoms with Crippen molar-refractivity contribution in [1.29, 1.82) is 0 Å². The molecule has 1 N–H and O–H groups in total. The fourth-order valence-corrected chi connectivity index (χ4v) is 1.93. The highest BCUT2D eigenvalue weighted by molar-refractivity contribution is 5.94. The summed E-state index contributed by atoms with van der Waals surface area (Å²) in [5, 5.41) is 3.20. The summed E-state index contributed by atoms with van der Waals surface area (Å²) in [6, 6.07) is 6.24. The van der Waals surface area contributed by atoms with Gasteiger partial charge in [-0.2, -0.15) is 0 Å². The molecule has 86 valence electrons. The Morgan fingerprint density at radius 1 is 1.50 bits per heavy atom. The van der Waals surface area contributed by atoms with Crippen LogP contribution in [0.1, 0.15) is 17.3 Å². The van der Waals surface area contributed by atoms with Crippen LogP contribution >= 0.6 is 0 Å². The van der Waals surface area contributed by atoms with Gasteiger partial charge in [-0.05, 0) is 19.1 Å². The Morgan fingerprint density at radius 3 is 2.94 bits per heavy atom. The number of halogens is 1. The van der Waals surface area contributed by atoms with E-state index in [9.17, 15) is 9.18 Å². The van der Waals surface area contributed by atoms with Gasteiger partial charge in [0.2, 0.25) is 0 Å². The third-order valence-corrected chi connectivity index (χ3v) is 2.87. The van der Waals surface area contributed by atoms with Crippen LogP contribution in [0, 0.1) is 5.82 Å². The smallest absolute Gasteiger partial charge is 0.257 e. The highest BCUT2D eigenvalue weighted by atomic mass is 19.1. The molecule has 0 radical (unpaired) electrons. The summed E-state index contributed by atoms with van der Waals surface area (Å²) in [6.07, 6.45) is 0. The fourth-order valence-electron chi connectivity index (χ4n) is 1.93. The molecular formula is C12H15FN2O. The van der Waals surface area contributed by atoms with Gasteiger partial charge in [0.15, 0.2) is 0 Å². The molecule has 16 heavy (non-hydrogen) atoms. The number of carbonyl (C=O) groups excluding carboxylic acids is 1. The predicted molar refractivity (Wildman–Crippen MR) is 59.8 cm³/mol. The first-order valence-electron chi connectivity index (χ1n) is 5.46. The summed E-state index contributed by atoms with van der Waals surface area (Å²) in [6.45, 7) is 4.13. The quantitative estimate of drug-likeness (QED) is 0.776. The van der Waals surface area contributed by atoms with Gasteiger partial charge in [0.1, 0.15) is 5.82 Å². The molecule has 1 amide bonds.